The molecule has 1 heterocycles. The molecule has 0 fully saturated rings. The van der Waals surface area contributed by atoms with Crippen molar-refractivity contribution in [3.63, 3.8) is 0 Å². The Balaban J connectivity index is 1.99. The molecular formula is C15H11N5O. The smallest absolute Gasteiger partial charge is 0.260 e. The van der Waals surface area contributed by atoms with E-state index in [1.807, 2.05) is 6.07 Å². The normalized spacial score (nSPS) is 10.2. The minimum Gasteiger partial charge on any atom is -0.399 e. The molecular weight excluding hydrogens is 266 g/mol. The van der Waals surface area contributed by atoms with Gasteiger partial charge in [-0.2, -0.15) is 5.26 Å². The molecule has 3 aromatic rings. The average molecular weight is 277 g/mol. The van der Waals surface area contributed by atoms with Crippen LogP contribution in [0.2, 0.25) is 0 Å². The number of nitrogens with one attached hydrogen (secondary N) is 2. The summed E-state index contributed by atoms with van der Waals surface area (Å²) in [5, 5.41) is 12.2. The molecule has 0 amide bonds. The fourth-order valence-electron chi connectivity index (χ4n) is 1.98. The van der Waals surface area contributed by atoms with Gasteiger partial charge in [0.05, 0.1) is 22.5 Å². The quantitative estimate of drug-likeness (QED) is 0.622. The van der Waals surface area contributed by atoms with E-state index in [9.17, 15) is 4.79 Å². The van der Waals surface area contributed by atoms with E-state index in [0.717, 1.165) is 5.69 Å². The van der Waals surface area contributed by atoms with E-state index in [1.54, 1.807) is 42.5 Å². The van der Waals surface area contributed by atoms with E-state index < -0.39 is 0 Å². The van der Waals surface area contributed by atoms with E-state index in [4.69, 9.17) is 11.0 Å². The molecule has 6 heteroatoms. The Morgan fingerprint density at radius 3 is 2.67 bits per heavy atom. The summed E-state index contributed by atoms with van der Waals surface area (Å²) in [7, 11) is 0. The van der Waals surface area contributed by atoms with Crippen molar-refractivity contribution in [2.45, 2.75) is 0 Å². The Labute approximate surface area is 119 Å². The summed E-state index contributed by atoms with van der Waals surface area (Å²) in [6.45, 7) is 0. The number of nitriles is 1. The first-order chi connectivity index (χ1) is 10.2. The molecule has 0 aliphatic carbocycles. The molecule has 0 radical (unpaired) electrons. The molecule has 1 aromatic heterocycles. The van der Waals surface area contributed by atoms with Gasteiger partial charge >= 0.3 is 0 Å². The van der Waals surface area contributed by atoms with Crippen LogP contribution in [0.4, 0.5) is 17.3 Å². The maximum atomic E-state index is 12.0. The third-order valence-corrected chi connectivity index (χ3v) is 3.01. The van der Waals surface area contributed by atoms with Gasteiger partial charge in [-0.25, -0.2) is 4.98 Å². The van der Waals surface area contributed by atoms with Crippen LogP contribution in [0.25, 0.3) is 10.9 Å². The highest BCUT2D eigenvalue weighted by Gasteiger charge is 2.04. The maximum absolute atomic E-state index is 12.0. The van der Waals surface area contributed by atoms with Gasteiger partial charge in [-0.05, 0) is 42.5 Å². The van der Waals surface area contributed by atoms with Crippen LogP contribution in [-0.2, 0) is 0 Å². The Morgan fingerprint density at radius 1 is 1.19 bits per heavy atom. The number of nitrogen functional groups attached to an aromatic ring is 1. The molecule has 0 bridgehead atoms. The standard InChI is InChI=1S/C15H11N5O/c16-8-9-1-4-11(5-2-9)18-15-19-13-6-3-10(17)7-12(13)14(21)20-15/h1-7H,17H2,(H2,18,19,20,21). The number of anilines is 3. The Bertz CT molecular complexity index is 906. The highest BCUT2D eigenvalue weighted by Crippen LogP contribution is 2.16. The molecule has 6 nitrogen and oxygen atoms in total. The van der Waals surface area contributed by atoms with Crippen molar-refractivity contribution in [1.82, 2.24) is 9.97 Å². The average Bonchev–Trinajstić information content (AvgIpc) is 2.49. The van der Waals surface area contributed by atoms with E-state index in [1.165, 1.54) is 0 Å². The summed E-state index contributed by atoms with van der Waals surface area (Å²) in [6.07, 6.45) is 0. The van der Waals surface area contributed by atoms with Gasteiger partial charge in [0.15, 0.2) is 0 Å². The molecule has 21 heavy (non-hydrogen) atoms. The van der Waals surface area contributed by atoms with Crippen LogP contribution < -0.4 is 16.6 Å². The number of hydrogen-bond donors (Lipinski definition) is 3. The van der Waals surface area contributed by atoms with Crippen molar-refractivity contribution in [3.8, 4) is 6.07 Å². The van der Waals surface area contributed by atoms with Gasteiger partial charge in [0.1, 0.15) is 0 Å². The first-order valence-electron chi connectivity index (χ1n) is 6.22. The van der Waals surface area contributed by atoms with Gasteiger partial charge in [0.2, 0.25) is 5.95 Å². The van der Waals surface area contributed by atoms with Crippen LogP contribution in [0, 0.1) is 11.3 Å². The summed E-state index contributed by atoms with van der Waals surface area (Å²) in [5.74, 6) is 0.335. The Kier molecular flexibility index (Phi) is 3.01. The number of rotatable bonds is 2. The van der Waals surface area contributed by atoms with Crippen molar-refractivity contribution in [2.75, 3.05) is 11.1 Å². The summed E-state index contributed by atoms with van der Waals surface area (Å²) in [6, 6.07) is 13.9. The minimum atomic E-state index is -0.261. The molecule has 102 valence electrons. The molecule has 2 aromatic carbocycles. The lowest BCUT2D eigenvalue weighted by molar-refractivity contribution is 1.17. The lowest BCUT2D eigenvalue weighted by Crippen LogP contribution is -2.11. The Hall–Kier alpha value is -3.33. The van der Waals surface area contributed by atoms with Crippen LogP contribution in [0.5, 0.6) is 0 Å². The van der Waals surface area contributed by atoms with Gasteiger partial charge in [-0.15, -0.1) is 0 Å². The summed E-state index contributed by atoms with van der Waals surface area (Å²) >= 11 is 0. The molecule has 0 atom stereocenters. The van der Waals surface area contributed by atoms with Crippen molar-refractivity contribution < 1.29 is 0 Å². The van der Waals surface area contributed by atoms with E-state index in [2.05, 4.69) is 15.3 Å². The second kappa shape index (κ2) is 4.98. The summed E-state index contributed by atoms with van der Waals surface area (Å²) in [5.41, 5.74) is 7.77. The predicted octanol–water partition coefficient (Wildman–Crippen LogP) is 2.12. The predicted molar refractivity (Wildman–Crippen MR) is 81.2 cm³/mol. The lowest BCUT2D eigenvalue weighted by Gasteiger charge is -2.06. The van der Waals surface area contributed by atoms with Crippen molar-refractivity contribution in [2.24, 2.45) is 0 Å². The SMILES string of the molecule is N#Cc1ccc(Nc2nc3ccc(N)cc3c(=O)[nH]2)cc1. The van der Waals surface area contributed by atoms with Gasteiger partial charge in [-0.3, -0.25) is 9.78 Å². The highest BCUT2D eigenvalue weighted by atomic mass is 16.1. The molecule has 0 aliphatic rings. The van der Waals surface area contributed by atoms with Crippen LogP contribution in [0.3, 0.4) is 0 Å². The lowest BCUT2D eigenvalue weighted by atomic mass is 10.2. The van der Waals surface area contributed by atoms with E-state index >= 15 is 0 Å². The number of fused-ring (bicyclic) bond motifs is 1. The molecule has 3 rings (SSSR count). The first-order valence-corrected chi connectivity index (χ1v) is 6.22. The number of H-pyrrole nitrogens is 1. The number of benzene rings is 2. The number of nitrogens with zero attached hydrogens (tertiary/aromatic N) is 2. The van der Waals surface area contributed by atoms with E-state index in [0.29, 0.717) is 28.1 Å². The maximum Gasteiger partial charge on any atom is 0.260 e. The van der Waals surface area contributed by atoms with Crippen molar-refractivity contribution in [1.29, 1.82) is 5.26 Å². The third-order valence-electron chi connectivity index (χ3n) is 3.01. The number of aromatic nitrogens is 2. The van der Waals surface area contributed by atoms with Gasteiger partial charge in [0, 0.05) is 11.4 Å². The van der Waals surface area contributed by atoms with Crippen LogP contribution in [-0.4, -0.2) is 9.97 Å². The van der Waals surface area contributed by atoms with Gasteiger partial charge in [0.25, 0.3) is 5.56 Å². The molecule has 0 saturated heterocycles. The number of nitrogens with two attached hydrogens (primary N) is 1. The van der Waals surface area contributed by atoms with Crippen LogP contribution in [0.1, 0.15) is 5.56 Å². The molecule has 4 N–H and O–H groups in total. The van der Waals surface area contributed by atoms with Crippen LogP contribution >= 0.6 is 0 Å². The zero-order valence-electron chi connectivity index (χ0n) is 10.9. The fraction of sp³-hybridized carbons (Fsp3) is 0. The van der Waals surface area contributed by atoms with Crippen molar-refractivity contribution >= 4 is 28.2 Å². The topological polar surface area (TPSA) is 108 Å². The van der Waals surface area contributed by atoms with Crippen molar-refractivity contribution in [3.05, 3.63) is 58.4 Å². The minimum absolute atomic E-state index is 0.261. The van der Waals surface area contributed by atoms with E-state index in [-0.39, 0.29) is 5.56 Å². The molecule has 0 spiro atoms. The monoisotopic (exact) mass is 277 g/mol. The largest absolute Gasteiger partial charge is 0.399 e. The fourth-order valence-corrected chi connectivity index (χ4v) is 1.98. The van der Waals surface area contributed by atoms with Gasteiger partial charge in [-0.1, -0.05) is 0 Å². The second-order valence-corrected chi connectivity index (χ2v) is 4.51. The molecule has 0 aliphatic heterocycles. The first kappa shape index (κ1) is 12.7. The zero-order valence-corrected chi connectivity index (χ0v) is 10.9. The number of aromatic amines is 1. The summed E-state index contributed by atoms with van der Waals surface area (Å²) in [4.78, 5) is 19.0. The zero-order chi connectivity index (χ0) is 14.8. The highest BCUT2D eigenvalue weighted by molar-refractivity contribution is 5.82. The van der Waals surface area contributed by atoms with Gasteiger partial charge < -0.3 is 11.1 Å². The molecule has 0 unspecified atom stereocenters. The molecule has 0 saturated carbocycles. The van der Waals surface area contributed by atoms with Crippen LogP contribution in [0.15, 0.2) is 47.3 Å². The number of hydrogen-bond acceptors (Lipinski definition) is 5. The second-order valence-electron chi connectivity index (χ2n) is 4.51. The third kappa shape index (κ3) is 2.53. The summed E-state index contributed by atoms with van der Waals surface area (Å²) < 4.78 is 0. The Morgan fingerprint density at radius 2 is 1.95 bits per heavy atom.